The van der Waals surface area contributed by atoms with E-state index in [1.807, 2.05) is 13.2 Å². The molecule has 2 unspecified atom stereocenters. The number of aliphatic hydroxyl groups excluding tert-OH is 1. The maximum Gasteiger partial charge on any atom is 0.0824 e. The molecule has 0 amide bonds. The van der Waals surface area contributed by atoms with Crippen molar-refractivity contribution >= 4 is 0 Å². The van der Waals surface area contributed by atoms with Crippen LogP contribution in [0.1, 0.15) is 50.0 Å². The van der Waals surface area contributed by atoms with Crippen molar-refractivity contribution < 1.29 is 9.84 Å². The van der Waals surface area contributed by atoms with E-state index in [-0.39, 0.29) is 0 Å². The molecule has 2 heterocycles. The van der Waals surface area contributed by atoms with Crippen LogP contribution in [0.3, 0.4) is 0 Å². The molecule has 1 fully saturated rings. The van der Waals surface area contributed by atoms with Crippen LogP contribution in [0, 0.1) is 0 Å². The van der Waals surface area contributed by atoms with Gasteiger partial charge in [-0.2, -0.15) is 5.10 Å². The third kappa shape index (κ3) is 3.07. The Kier molecular flexibility index (Phi) is 4.18. The van der Waals surface area contributed by atoms with Crippen LogP contribution in [-0.4, -0.2) is 27.6 Å². The normalized spacial score (nSPS) is 21.9. The Hall–Kier alpha value is -0.870. The lowest BCUT2D eigenvalue weighted by Crippen LogP contribution is -2.08. The molecule has 4 nitrogen and oxygen atoms in total. The number of aromatic nitrogens is 2. The number of nitrogens with zero attached hydrogens (tertiary/aromatic N) is 2. The van der Waals surface area contributed by atoms with Gasteiger partial charge in [-0.1, -0.05) is 6.92 Å². The van der Waals surface area contributed by atoms with Crippen LogP contribution in [0.15, 0.2) is 6.20 Å². The SMILES string of the molecule is CCc1nn(C)cc1C(O)CCC1CCCO1. The van der Waals surface area contributed by atoms with E-state index in [0.717, 1.165) is 50.0 Å². The number of ether oxygens (including phenoxy) is 1. The average molecular weight is 238 g/mol. The predicted octanol–water partition coefficient (Wildman–Crippen LogP) is 1.98. The molecule has 0 bridgehead atoms. The largest absolute Gasteiger partial charge is 0.388 e. The number of aryl methyl sites for hydroxylation is 2. The molecule has 2 atom stereocenters. The second-order valence-electron chi connectivity index (χ2n) is 4.79. The van der Waals surface area contributed by atoms with Crippen molar-refractivity contribution in [1.82, 2.24) is 9.78 Å². The van der Waals surface area contributed by atoms with Gasteiger partial charge in [0, 0.05) is 25.4 Å². The number of hydrogen-bond acceptors (Lipinski definition) is 3. The topological polar surface area (TPSA) is 47.3 Å². The van der Waals surface area contributed by atoms with Gasteiger partial charge in [-0.05, 0) is 32.1 Å². The van der Waals surface area contributed by atoms with E-state index in [1.165, 1.54) is 0 Å². The molecule has 0 radical (unpaired) electrons. The summed E-state index contributed by atoms with van der Waals surface area (Å²) in [7, 11) is 1.90. The minimum Gasteiger partial charge on any atom is -0.388 e. The van der Waals surface area contributed by atoms with Crippen LogP contribution in [-0.2, 0) is 18.2 Å². The summed E-state index contributed by atoms with van der Waals surface area (Å²) in [5, 5.41) is 14.6. The third-order valence-corrected chi connectivity index (χ3v) is 3.42. The molecule has 0 spiro atoms. The van der Waals surface area contributed by atoms with Gasteiger partial charge in [0.25, 0.3) is 0 Å². The van der Waals surface area contributed by atoms with E-state index in [1.54, 1.807) is 4.68 Å². The van der Waals surface area contributed by atoms with Crippen molar-refractivity contribution in [1.29, 1.82) is 0 Å². The first-order valence-corrected chi connectivity index (χ1v) is 6.52. The number of aliphatic hydroxyl groups is 1. The third-order valence-electron chi connectivity index (χ3n) is 3.42. The fraction of sp³-hybridized carbons (Fsp3) is 0.769. The Morgan fingerprint density at radius 2 is 2.47 bits per heavy atom. The monoisotopic (exact) mass is 238 g/mol. The standard InChI is InChI=1S/C13H22N2O2/c1-3-12-11(9-15(2)14-12)13(16)7-6-10-5-4-8-17-10/h9-10,13,16H,3-8H2,1-2H3. The highest BCUT2D eigenvalue weighted by Gasteiger charge is 2.20. The van der Waals surface area contributed by atoms with E-state index in [2.05, 4.69) is 12.0 Å². The summed E-state index contributed by atoms with van der Waals surface area (Å²) in [4.78, 5) is 0. The van der Waals surface area contributed by atoms with E-state index in [9.17, 15) is 5.11 Å². The van der Waals surface area contributed by atoms with Gasteiger partial charge >= 0.3 is 0 Å². The lowest BCUT2D eigenvalue weighted by Gasteiger charge is -2.13. The van der Waals surface area contributed by atoms with Crippen LogP contribution >= 0.6 is 0 Å². The Labute approximate surface area is 103 Å². The summed E-state index contributed by atoms with van der Waals surface area (Å²) in [6.07, 6.45) is 6.76. The highest BCUT2D eigenvalue weighted by Crippen LogP contribution is 2.25. The molecule has 1 aliphatic rings. The molecule has 96 valence electrons. The number of rotatable bonds is 5. The van der Waals surface area contributed by atoms with E-state index >= 15 is 0 Å². The quantitative estimate of drug-likeness (QED) is 0.853. The van der Waals surface area contributed by atoms with Gasteiger partial charge in [-0.3, -0.25) is 4.68 Å². The molecule has 0 saturated carbocycles. The van der Waals surface area contributed by atoms with Gasteiger partial charge < -0.3 is 9.84 Å². The summed E-state index contributed by atoms with van der Waals surface area (Å²) in [6, 6.07) is 0. The zero-order valence-electron chi connectivity index (χ0n) is 10.7. The minimum atomic E-state index is -0.400. The summed E-state index contributed by atoms with van der Waals surface area (Å²) in [6.45, 7) is 2.95. The molecule has 1 aromatic heterocycles. The lowest BCUT2D eigenvalue weighted by molar-refractivity contribution is 0.0810. The van der Waals surface area contributed by atoms with Crippen LogP contribution in [0.25, 0.3) is 0 Å². The van der Waals surface area contributed by atoms with E-state index < -0.39 is 6.10 Å². The first kappa shape index (κ1) is 12.6. The summed E-state index contributed by atoms with van der Waals surface area (Å²) < 4.78 is 7.35. The Balaban J connectivity index is 1.91. The second-order valence-corrected chi connectivity index (χ2v) is 4.79. The van der Waals surface area contributed by atoms with Crippen molar-refractivity contribution in [2.24, 2.45) is 7.05 Å². The maximum absolute atomic E-state index is 10.2. The summed E-state index contributed by atoms with van der Waals surface area (Å²) in [5.74, 6) is 0. The zero-order chi connectivity index (χ0) is 12.3. The van der Waals surface area contributed by atoms with E-state index in [0.29, 0.717) is 6.10 Å². The Morgan fingerprint density at radius 3 is 3.12 bits per heavy atom. The van der Waals surface area contributed by atoms with E-state index in [4.69, 9.17) is 4.74 Å². The fourth-order valence-corrected chi connectivity index (χ4v) is 2.48. The van der Waals surface area contributed by atoms with Gasteiger partial charge in [0.2, 0.25) is 0 Å². The van der Waals surface area contributed by atoms with Crippen molar-refractivity contribution in [3.05, 3.63) is 17.5 Å². The average Bonchev–Trinajstić information content (AvgIpc) is 2.94. The fourth-order valence-electron chi connectivity index (χ4n) is 2.48. The van der Waals surface area contributed by atoms with Gasteiger partial charge in [-0.25, -0.2) is 0 Å². The molecule has 17 heavy (non-hydrogen) atoms. The lowest BCUT2D eigenvalue weighted by atomic mass is 10.0. The van der Waals surface area contributed by atoms with Crippen LogP contribution in [0.5, 0.6) is 0 Å². The second kappa shape index (κ2) is 5.65. The minimum absolute atomic E-state index is 0.353. The highest BCUT2D eigenvalue weighted by atomic mass is 16.5. The summed E-state index contributed by atoms with van der Waals surface area (Å²) >= 11 is 0. The van der Waals surface area contributed by atoms with Gasteiger partial charge in [0.15, 0.2) is 0 Å². The molecule has 4 heteroatoms. The predicted molar refractivity (Wildman–Crippen MR) is 65.8 cm³/mol. The zero-order valence-corrected chi connectivity index (χ0v) is 10.7. The van der Waals surface area contributed by atoms with Crippen LogP contribution in [0.2, 0.25) is 0 Å². The molecule has 1 aliphatic heterocycles. The molecule has 2 rings (SSSR count). The van der Waals surface area contributed by atoms with Crippen molar-refractivity contribution in [2.45, 2.75) is 51.2 Å². The molecule has 0 aliphatic carbocycles. The highest BCUT2D eigenvalue weighted by molar-refractivity contribution is 5.19. The van der Waals surface area contributed by atoms with Crippen molar-refractivity contribution in [3.63, 3.8) is 0 Å². The molecular formula is C13H22N2O2. The van der Waals surface area contributed by atoms with Gasteiger partial charge in [0.1, 0.15) is 0 Å². The molecular weight excluding hydrogens is 216 g/mol. The van der Waals surface area contributed by atoms with Crippen molar-refractivity contribution in [2.75, 3.05) is 6.61 Å². The first-order chi connectivity index (χ1) is 8.20. The molecule has 0 aromatic carbocycles. The molecule has 1 N–H and O–H groups in total. The Bertz CT molecular complexity index is 356. The number of hydrogen-bond donors (Lipinski definition) is 1. The van der Waals surface area contributed by atoms with Gasteiger partial charge in [-0.15, -0.1) is 0 Å². The van der Waals surface area contributed by atoms with Crippen molar-refractivity contribution in [3.8, 4) is 0 Å². The summed E-state index contributed by atoms with van der Waals surface area (Å²) in [5.41, 5.74) is 1.99. The first-order valence-electron chi connectivity index (χ1n) is 6.52. The van der Waals surface area contributed by atoms with Gasteiger partial charge in [0.05, 0.1) is 17.9 Å². The molecule has 1 saturated heterocycles. The smallest absolute Gasteiger partial charge is 0.0824 e. The van der Waals surface area contributed by atoms with Crippen LogP contribution < -0.4 is 0 Å². The van der Waals surface area contributed by atoms with Crippen LogP contribution in [0.4, 0.5) is 0 Å². The maximum atomic E-state index is 10.2. The Morgan fingerprint density at radius 1 is 1.65 bits per heavy atom. The molecule has 1 aromatic rings.